The largest absolute Gasteiger partial charge is 0.496 e. The number of rotatable bonds is 6. The van der Waals surface area contributed by atoms with Gasteiger partial charge in [0.25, 0.3) is 0 Å². The van der Waals surface area contributed by atoms with Crippen molar-refractivity contribution < 1.29 is 14.6 Å². The van der Waals surface area contributed by atoms with Gasteiger partial charge in [0.15, 0.2) is 0 Å². The van der Waals surface area contributed by atoms with E-state index in [0.29, 0.717) is 0 Å². The zero-order chi connectivity index (χ0) is 14.4. The van der Waals surface area contributed by atoms with Crippen LogP contribution in [0.1, 0.15) is 24.0 Å². The maximum absolute atomic E-state index is 9.25. The fourth-order valence-corrected chi connectivity index (χ4v) is 2.78. The lowest BCUT2D eigenvalue weighted by Crippen LogP contribution is -2.29. The van der Waals surface area contributed by atoms with Crippen LogP contribution in [-0.4, -0.2) is 43.9 Å². The lowest BCUT2D eigenvalue weighted by Gasteiger charge is -2.27. The highest BCUT2D eigenvalue weighted by molar-refractivity contribution is 5.37. The number of hydrogen-bond acceptors (Lipinski definition) is 4. The van der Waals surface area contributed by atoms with Crippen LogP contribution in [-0.2, 0) is 17.9 Å². The Morgan fingerprint density at radius 2 is 2.10 bits per heavy atom. The van der Waals surface area contributed by atoms with Crippen LogP contribution in [0.3, 0.4) is 0 Å². The number of hydrogen-bond donors (Lipinski definition) is 1. The minimum Gasteiger partial charge on any atom is -0.496 e. The molecule has 1 aromatic rings. The van der Waals surface area contributed by atoms with Gasteiger partial charge in [0.05, 0.1) is 13.7 Å². The van der Waals surface area contributed by atoms with Gasteiger partial charge in [0.2, 0.25) is 0 Å². The third-order valence-corrected chi connectivity index (χ3v) is 3.88. The minimum absolute atomic E-state index is 0.0701. The molecule has 20 heavy (non-hydrogen) atoms. The zero-order valence-corrected chi connectivity index (χ0v) is 12.5. The normalized spacial score (nSPS) is 16.6. The van der Waals surface area contributed by atoms with Gasteiger partial charge in [-0.3, -0.25) is 0 Å². The molecule has 0 atom stereocenters. The predicted octanol–water partition coefficient (Wildman–Crippen LogP) is 2.05. The average molecular weight is 279 g/mol. The lowest BCUT2D eigenvalue weighted by molar-refractivity contribution is 0.0549. The summed E-state index contributed by atoms with van der Waals surface area (Å²) in [6.07, 6.45) is 2.30. The van der Waals surface area contributed by atoms with E-state index in [-0.39, 0.29) is 6.61 Å². The first-order valence-corrected chi connectivity index (χ1v) is 7.26. The molecule has 0 bridgehead atoms. The van der Waals surface area contributed by atoms with Gasteiger partial charge in [-0.2, -0.15) is 0 Å². The topological polar surface area (TPSA) is 41.9 Å². The van der Waals surface area contributed by atoms with Crippen LogP contribution >= 0.6 is 0 Å². The van der Waals surface area contributed by atoms with Crippen molar-refractivity contribution in [3.05, 3.63) is 29.3 Å². The van der Waals surface area contributed by atoms with Crippen molar-refractivity contribution in [2.24, 2.45) is 5.92 Å². The molecule has 1 fully saturated rings. The highest BCUT2D eigenvalue weighted by Gasteiger charge is 2.16. The van der Waals surface area contributed by atoms with Gasteiger partial charge in [-0.25, -0.2) is 0 Å². The molecule has 0 radical (unpaired) electrons. The smallest absolute Gasteiger partial charge is 0.123 e. The van der Waals surface area contributed by atoms with E-state index >= 15 is 0 Å². The van der Waals surface area contributed by atoms with E-state index in [2.05, 4.69) is 11.9 Å². The van der Waals surface area contributed by atoms with Gasteiger partial charge >= 0.3 is 0 Å². The molecule has 2 rings (SSSR count). The third kappa shape index (κ3) is 4.20. The van der Waals surface area contributed by atoms with E-state index in [1.165, 1.54) is 0 Å². The first kappa shape index (κ1) is 15.3. The van der Waals surface area contributed by atoms with Crippen LogP contribution in [0.4, 0.5) is 0 Å². The summed E-state index contributed by atoms with van der Waals surface area (Å²) in [5, 5.41) is 9.25. The van der Waals surface area contributed by atoms with Crippen LogP contribution in [0.15, 0.2) is 18.2 Å². The standard InChI is InChI=1S/C16H25NO3/c1-17(10-13-5-7-20-8-6-13)11-15-9-14(12-18)3-4-16(15)19-2/h3-4,9,13,18H,5-8,10-12H2,1-2H3. The number of nitrogens with zero attached hydrogens (tertiary/aromatic N) is 1. The second kappa shape index (κ2) is 7.62. The minimum atomic E-state index is 0.0701. The number of aliphatic hydroxyl groups excluding tert-OH is 1. The summed E-state index contributed by atoms with van der Waals surface area (Å²) in [5.41, 5.74) is 2.06. The molecular formula is C16H25NO3. The number of ether oxygens (including phenoxy) is 2. The molecule has 1 saturated heterocycles. The van der Waals surface area contributed by atoms with Crippen molar-refractivity contribution in [3.63, 3.8) is 0 Å². The fraction of sp³-hybridized carbons (Fsp3) is 0.625. The Kier molecular flexibility index (Phi) is 5.83. The zero-order valence-electron chi connectivity index (χ0n) is 12.5. The second-order valence-corrected chi connectivity index (χ2v) is 5.56. The van der Waals surface area contributed by atoms with Gasteiger partial charge in [-0.15, -0.1) is 0 Å². The fourth-order valence-electron chi connectivity index (χ4n) is 2.78. The summed E-state index contributed by atoms with van der Waals surface area (Å²) in [4.78, 5) is 2.33. The van der Waals surface area contributed by atoms with Crippen molar-refractivity contribution in [1.82, 2.24) is 4.90 Å². The first-order valence-electron chi connectivity index (χ1n) is 7.26. The maximum atomic E-state index is 9.25. The molecule has 0 aromatic heterocycles. The molecule has 4 heteroatoms. The van der Waals surface area contributed by atoms with Gasteiger partial charge in [0.1, 0.15) is 5.75 Å². The van der Waals surface area contributed by atoms with E-state index in [1.807, 2.05) is 18.2 Å². The molecule has 112 valence electrons. The summed E-state index contributed by atoms with van der Waals surface area (Å²) in [6, 6.07) is 5.86. The highest BCUT2D eigenvalue weighted by Crippen LogP contribution is 2.23. The SMILES string of the molecule is COc1ccc(CO)cc1CN(C)CC1CCOCC1. The van der Waals surface area contributed by atoms with Crippen molar-refractivity contribution in [1.29, 1.82) is 0 Å². The maximum Gasteiger partial charge on any atom is 0.123 e. The average Bonchev–Trinajstić information content (AvgIpc) is 2.48. The van der Waals surface area contributed by atoms with E-state index in [1.54, 1.807) is 7.11 Å². The second-order valence-electron chi connectivity index (χ2n) is 5.56. The van der Waals surface area contributed by atoms with E-state index in [9.17, 15) is 5.11 Å². The molecule has 1 N–H and O–H groups in total. The quantitative estimate of drug-likeness (QED) is 0.865. The van der Waals surface area contributed by atoms with Crippen LogP contribution in [0.25, 0.3) is 0 Å². The van der Waals surface area contributed by atoms with Crippen molar-refractivity contribution in [3.8, 4) is 5.75 Å². The number of benzene rings is 1. The van der Waals surface area contributed by atoms with Crippen molar-refractivity contribution in [2.45, 2.75) is 26.0 Å². The molecule has 0 aliphatic carbocycles. The molecule has 1 aliphatic heterocycles. The van der Waals surface area contributed by atoms with E-state index < -0.39 is 0 Å². The molecule has 0 unspecified atom stereocenters. The summed E-state index contributed by atoms with van der Waals surface area (Å²) in [5.74, 6) is 1.61. The van der Waals surface area contributed by atoms with Gasteiger partial charge in [-0.1, -0.05) is 6.07 Å². The van der Waals surface area contributed by atoms with Crippen LogP contribution in [0.5, 0.6) is 5.75 Å². The number of aliphatic hydroxyl groups is 1. The highest BCUT2D eigenvalue weighted by atomic mass is 16.5. The molecular weight excluding hydrogens is 254 g/mol. The summed E-state index contributed by atoms with van der Waals surface area (Å²) < 4.78 is 10.8. The summed E-state index contributed by atoms with van der Waals surface area (Å²) >= 11 is 0. The Morgan fingerprint density at radius 3 is 2.75 bits per heavy atom. The Balaban J connectivity index is 1.96. The van der Waals surface area contributed by atoms with Gasteiger partial charge in [-0.05, 0) is 43.5 Å². The van der Waals surface area contributed by atoms with Crippen molar-refractivity contribution in [2.75, 3.05) is 33.9 Å². The molecule has 1 heterocycles. The van der Waals surface area contributed by atoms with E-state index in [4.69, 9.17) is 9.47 Å². The summed E-state index contributed by atoms with van der Waals surface area (Å²) in [7, 11) is 3.83. The molecule has 0 spiro atoms. The van der Waals surface area contributed by atoms with Gasteiger partial charge in [0, 0.05) is 31.9 Å². The Morgan fingerprint density at radius 1 is 1.35 bits per heavy atom. The third-order valence-electron chi connectivity index (χ3n) is 3.88. The molecule has 1 aromatic carbocycles. The van der Waals surface area contributed by atoms with Gasteiger partial charge < -0.3 is 19.5 Å². The molecule has 0 saturated carbocycles. The lowest BCUT2D eigenvalue weighted by atomic mass is 9.99. The molecule has 1 aliphatic rings. The Labute approximate surface area is 121 Å². The monoisotopic (exact) mass is 279 g/mol. The Hall–Kier alpha value is -1.10. The Bertz CT molecular complexity index is 416. The molecule has 4 nitrogen and oxygen atoms in total. The number of methoxy groups -OCH3 is 1. The first-order chi connectivity index (χ1) is 9.72. The van der Waals surface area contributed by atoms with Crippen molar-refractivity contribution >= 4 is 0 Å². The van der Waals surface area contributed by atoms with Crippen LogP contribution < -0.4 is 4.74 Å². The van der Waals surface area contributed by atoms with E-state index in [0.717, 1.165) is 61.9 Å². The van der Waals surface area contributed by atoms with Crippen LogP contribution in [0, 0.1) is 5.92 Å². The summed E-state index contributed by atoms with van der Waals surface area (Å²) in [6.45, 7) is 3.77. The molecule has 0 amide bonds. The predicted molar refractivity (Wildman–Crippen MR) is 78.8 cm³/mol. The van der Waals surface area contributed by atoms with Crippen LogP contribution in [0.2, 0.25) is 0 Å².